The van der Waals surface area contributed by atoms with Crippen LogP contribution in [0.25, 0.3) is 76.8 Å². The van der Waals surface area contributed by atoms with E-state index in [9.17, 15) is 0 Å². The first-order valence-electron chi connectivity index (χ1n) is 23.6. The van der Waals surface area contributed by atoms with E-state index in [1.165, 1.54) is 99.1 Å². The van der Waals surface area contributed by atoms with Crippen LogP contribution in [-0.2, 0) is 5.41 Å². The second kappa shape index (κ2) is 16.3. The van der Waals surface area contributed by atoms with Crippen LogP contribution >= 0.6 is 0 Å². The summed E-state index contributed by atoms with van der Waals surface area (Å²) in [6.45, 7) is 0. The minimum atomic E-state index is -0.608. The Labute approximate surface area is 397 Å². The summed E-state index contributed by atoms with van der Waals surface area (Å²) >= 11 is 0. The van der Waals surface area contributed by atoms with Crippen LogP contribution in [0.2, 0.25) is 0 Å². The van der Waals surface area contributed by atoms with Crippen LogP contribution in [0, 0.1) is 0 Å². The highest BCUT2D eigenvalue weighted by molar-refractivity contribution is 6.01. The summed E-state index contributed by atoms with van der Waals surface area (Å²) in [5.41, 5.74) is 17.5. The number of nitrogens with zero attached hydrogens (tertiary/aromatic N) is 1. The van der Waals surface area contributed by atoms with Crippen LogP contribution in [0.15, 0.2) is 273 Å². The predicted molar refractivity (Wildman–Crippen MR) is 287 cm³/mol. The maximum atomic E-state index is 2.48. The molecule has 1 nitrogen and oxygen atoms in total. The average molecular weight is 864 g/mol. The molecule has 0 saturated heterocycles. The third-order valence-corrected chi connectivity index (χ3v) is 14.3. The van der Waals surface area contributed by atoms with Crippen molar-refractivity contribution in [2.75, 3.05) is 4.90 Å². The standard InChI is InChI=1S/C67H45N/c1-2-15-46(16-3-1)48-31-38-54(39-32-48)67(55-40-33-47-17-4-5-20-53(47)45-55)63-28-11-10-25-62(63)66-64(67)29-14-30-65(66)68(56-41-34-51(35-42-56)60-26-12-21-49-18-6-8-23-58(49)60)57-43-36-52(37-44-57)61-27-13-22-50-19-7-9-24-59(50)61/h1-45H. The highest BCUT2D eigenvalue weighted by atomic mass is 15.1. The van der Waals surface area contributed by atoms with Crippen molar-refractivity contribution in [2.24, 2.45) is 0 Å². The lowest BCUT2D eigenvalue weighted by atomic mass is 9.67. The van der Waals surface area contributed by atoms with Gasteiger partial charge in [-0.1, -0.05) is 237 Å². The van der Waals surface area contributed by atoms with E-state index >= 15 is 0 Å². The second-order valence-corrected chi connectivity index (χ2v) is 18.0. The molecule has 1 unspecified atom stereocenters. The molecule has 1 aliphatic rings. The van der Waals surface area contributed by atoms with Crippen LogP contribution in [0.1, 0.15) is 22.3 Å². The van der Waals surface area contributed by atoms with Crippen LogP contribution in [-0.4, -0.2) is 0 Å². The van der Waals surface area contributed by atoms with E-state index in [-0.39, 0.29) is 0 Å². The molecule has 0 heterocycles. The van der Waals surface area contributed by atoms with Gasteiger partial charge in [0.25, 0.3) is 0 Å². The largest absolute Gasteiger partial charge is 0.310 e. The molecule has 0 amide bonds. The summed E-state index contributed by atoms with van der Waals surface area (Å²) in [6, 6.07) is 101. The Bertz CT molecular complexity index is 3700. The van der Waals surface area contributed by atoms with Crippen molar-refractivity contribution in [2.45, 2.75) is 5.41 Å². The maximum absolute atomic E-state index is 2.48. The fourth-order valence-corrected chi connectivity index (χ4v) is 11.2. The Morgan fingerprint density at radius 2 is 0.721 bits per heavy atom. The van der Waals surface area contributed by atoms with Gasteiger partial charge in [0.2, 0.25) is 0 Å². The molecule has 0 N–H and O–H groups in total. The molecule has 0 aromatic heterocycles. The smallest absolute Gasteiger partial charge is 0.0714 e. The summed E-state index contributed by atoms with van der Waals surface area (Å²) < 4.78 is 0. The van der Waals surface area contributed by atoms with E-state index in [0.717, 1.165) is 17.1 Å². The molecule has 12 aromatic carbocycles. The number of rotatable bonds is 8. The lowest BCUT2D eigenvalue weighted by Gasteiger charge is -2.35. The number of benzene rings is 12. The van der Waals surface area contributed by atoms with E-state index in [0.29, 0.717) is 0 Å². The molecule has 1 atom stereocenters. The van der Waals surface area contributed by atoms with Crippen molar-refractivity contribution < 1.29 is 0 Å². The van der Waals surface area contributed by atoms with Gasteiger partial charge >= 0.3 is 0 Å². The van der Waals surface area contributed by atoms with Gasteiger partial charge in [0, 0.05) is 16.9 Å². The van der Waals surface area contributed by atoms with Gasteiger partial charge in [0.15, 0.2) is 0 Å². The molecule has 0 aliphatic heterocycles. The minimum Gasteiger partial charge on any atom is -0.310 e. The zero-order chi connectivity index (χ0) is 45.0. The maximum Gasteiger partial charge on any atom is 0.0714 e. The first kappa shape index (κ1) is 39.6. The van der Waals surface area contributed by atoms with Crippen molar-refractivity contribution >= 4 is 49.4 Å². The number of hydrogen-bond acceptors (Lipinski definition) is 1. The van der Waals surface area contributed by atoms with Gasteiger partial charge in [-0.2, -0.15) is 0 Å². The van der Waals surface area contributed by atoms with Crippen LogP contribution in [0.4, 0.5) is 17.1 Å². The summed E-state index contributed by atoms with van der Waals surface area (Å²) in [7, 11) is 0. The molecule has 13 rings (SSSR count). The Morgan fingerprint density at radius 3 is 1.37 bits per heavy atom. The topological polar surface area (TPSA) is 3.24 Å². The SMILES string of the molecule is c1ccc(-c2ccc(C3(c4ccc5ccccc5c4)c4ccccc4-c4c(N(c5ccc(-c6cccc7ccccc67)cc5)c5ccc(-c6cccc7ccccc67)cc5)cccc43)cc2)cc1. The number of anilines is 3. The second-order valence-electron chi connectivity index (χ2n) is 18.0. The van der Waals surface area contributed by atoms with Gasteiger partial charge in [-0.3, -0.25) is 0 Å². The highest BCUT2D eigenvalue weighted by Gasteiger charge is 2.47. The first-order valence-corrected chi connectivity index (χ1v) is 23.6. The molecule has 1 aliphatic carbocycles. The zero-order valence-corrected chi connectivity index (χ0v) is 37.4. The predicted octanol–water partition coefficient (Wildman–Crippen LogP) is 18.0. The quantitative estimate of drug-likeness (QED) is 0.147. The first-order chi connectivity index (χ1) is 33.7. The van der Waals surface area contributed by atoms with Crippen molar-refractivity contribution in [1.29, 1.82) is 0 Å². The van der Waals surface area contributed by atoms with E-state index in [1.807, 2.05) is 0 Å². The molecule has 0 fully saturated rings. The third kappa shape index (κ3) is 6.39. The summed E-state index contributed by atoms with van der Waals surface area (Å²) in [5.74, 6) is 0. The van der Waals surface area contributed by atoms with Crippen LogP contribution in [0.5, 0.6) is 0 Å². The Morgan fingerprint density at radius 1 is 0.265 bits per heavy atom. The van der Waals surface area contributed by atoms with E-state index in [2.05, 4.69) is 278 Å². The Kier molecular flexibility index (Phi) is 9.47. The Hall–Kier alpha value is -8.78. The summed E-state index contributed by atoms with van der Waals surface area (Å²) in [4.78, 5) is 2.48. The third-order valence-electron chi connectivity index (χ3n) is 14.3. The van der Waals surface area contributed by atoms with E-state index in [1.54, 1.807) is 0 Å². The number of hydrogen-bond donors (Lipinski definition) is 0. The van der Waals surface area contributed by atoms with Gasteiger partial charge in [-0.25, -0.2) is 0 Å². The van der Waals surface area contributed by atoms with Crippen molar-refractivity contribution in [3.63, 3.8) is 0 Å². The summed E-state index contributed by atoms with van der Waals surface area (Å²) in [6.07, 6.45) is 0. The molecule has 68 heavy (non-hydrogen) atoms. The van der Waals surface area contributed by atoms with Gasteiger partial charge in [-0.15, -0.1) is 0 Å². The van der Waals surface area contributed by atoms with Crippen molar-refractivity contribution in [1.82, 2.24) is 0 Å². The lowest BCUT2D eigenvalue weighted by molar-refractivity contribution is 0.770. The molecule has 0 radical (unpaired) electrons. The fourth-order valence-electron chi connectivity index (χ4n) is 11.2. The number of fused-ring (bicyclic) bond motifs is 6. The molecule has 1 heteroatoms. The van der Waals surface area contributed by atoms with E-state index < -0.39 is 5.41 Å². The molecule has 0 spiro atoms. The van der Waals surface area contributed by atoms with Crippen molar-refractivity contribution in [3.8, 4) is 44.5 Å². The van der Waals surface area contributed by atoms with Crippen LogP contribution in [0.3, 0.4) is 0 Å². The van der Waals surface area contributed by atoms with Gasteiger partial charge < -0.3 is 4.90 Å². The molecule has 0 bridgehead atoms. The highest BCUT2D eigenvalue weighted by Crippen LogP contribution is 2.60. The van der Waals surface area contributed by atoms with Gasteiger partial charge in [0.1, 0.15) is 0 Å². The fraction of sp³-hybridized carbons (Fsp3) is 0.0149. The average Bonchev–Trinajstić information content (AvgIpc) is 3.73. The van der Waals surface area contributed by atoms with Gasteiger partial charge in [0.05, 0.1) is 11.1 Å². The normalized spacial score (nSPS) is 13.9. The van der Waals surface area contributed by atoms with Crippen LogP contribution < -0.4 is 4.90 Å². The summed E-state index contributed by atoms with van der Waals surface area (Å²) in [5, 5.41) is 7.45. The minimum absolute atomic E-state index is 0.608. The zero-order valence-electron chi connectivity index (χ0n) is 37.4. The molecular weight excluding hydrogens is 819 g/mol. The van der Waals surface area contributed by atoms with Gasteiger partial charge in [-0.05, 0) is 130 Å². The molecule has 318 valence electrons. The molecular formula is C67H45N. The molecule has 12 aromatic rings. The van der Waals surface area contributed by atoms with E-state index in [4.69, 9.17) is 0 Å². The Balaban J connectivity index is 1.04. The monoisotopic (exact) mass is 863 g/mol. The van der Waals surface area contributed by atoms with Crippen molar-refractivity contribution in [3.05, 3.63) is 295 Å². The lowest BCUT2D eigenvalue weighted by Crippen LogP contribution is -2.28. The molecule has 0 saturated carbocycles.